The van der Waals surface area contributed by atoms with Crippen LogP contribution in [0.2, 0.25) is 0 Å². The highest BCUT2D eigenvalue weighted by molar-refractivity contribution is 9.10. The summed E-state index contributed by atoms with van der Waals surface area (Å²) < 4.78 is 35.5. The molecule has 1 N–H and O–H groups in total. The fourth-order valence-corrected chi connectivity index (χ4v) is 7.29. The molecule has 1 atom stereocenters. The van der Waals surface area contributed by atoms with E-state index in [-0.39, 0.29) is 29.7 Å². The molecule has 4 aromatic rings. The van der Waals surface area contributed by atoms with Gasteiger partial charge in [-0.05, 0) is 77.2 Å². The van der Waals surface area contributed by atoms with Crippen LogP contribution >= 0.6 is 15.9 Å². The second-order valence-electron chi connectivity index (χ2n) is 12.0. The molecule has 0 fully saturated rings. The van der Waals surface area contributed by atoms with Gasteiger partial charge in [0, 0.05) is 19.5 Å². The zero-order chi connectivity index (χ0) is 34.1. The minimum absolute atomic E-state index is 0.0145. The van der Waals surface area contributed by atoms with Crippen LogP contribution in [-0.2, 0) is 32.6 Å². The molecule has 0 saturated heterocycles. The van der Waals surface area contributed by atoms with Crippen molar-refractivity contribution in [2.24, 2.45) is 5.92 Å². The third-order valence-corrected chi connectivity index (χ3v) is 10.1. The number of amides is 2. The Morgan fingerprint density at radius 2 is 1.53 bits per heavy atom. The molecule has 10 heteroatoms. The van der Waals surface area contributed by atoms with Crippen molar-refractivity contribution >= 4 is 43.5 Å². The van der Waals surface area contributed by atoms with Crippen molar-refractivity contribution in [2.45, 2.75) is 51.6 Å². The van der Waals surface area contributed by atoms with Crippen molar-refractivity contribution < 1.29 is 22.7 Å². The van der Waals surface area contributed by atoms with Crippen LogP contribution in [0.25, 0.3) is 0 Å². The van der Waals surface area contributed by atoms with Crippen LogP contribution in [0.5, 0.6) is 5.75 Å². The predicted molar refractivity (Wildman–Crippen MR) is 190 cm³/mol. The Kier molecular flexibility index (Phi) is 12.2. The number of halogens is 1. The first-order chi connectivity index (χ1) is 22.4. The standard InChI is InChI=1S/C37H42BrN3O5S/c1-26(2)23-39-37(43)34(21-29-11-7-6-8-12-29)40(24-30-13-9-10-28(4)20-30)36(42)25-41(31-16-14-27(3)15-17-31)47(44,45)32-18-19-35(46-5)33(38)22-32/h6-20,22,26,34H,21,23-25H2,1-5H3,(H,39,43). The molecule has 0 aliphatic heterocycles. The highest BCUT2D eigenvalue weighted by atomic mass is 79.9. The van der Waals surface area contributed by atoms with E-state index in [0.717, 1.165) is 26.6 Å². The highest BCUT2D eigenvalue weighted by Gasteiger charge is 2.35. The lowest BCUT2D eigenvalue weighted by molar-refractivity contribution is -0.140. The molecule has 0 aliphatic rings. The highest BCUT2D eigenvalue weighted by Crippen LogP contribution is 2.31. The first-order valence-corrected chi connectivity index (χ1v) is 17.7. The van der Waals surface area contributed by atoms with Crippen molar-refractivity contribution in [1.82, 2.24) is 10.2 Å². The quantitative estimate of drug-likeness (QED) is 0.157. The van der Waals surface area contributed by atoms with E-state index in [2.05, 4.69) is 21.2 Å². The van der Waals surface area contributed by atoms with Crippen molar-refractivity contribution in [3.63, 3.8) is 0 Å². The number of anilines is 1. The fraction of sp³-hybridized carbons (Fsp3) is 0.297. The Balaban J connectivity index is 1.81. The molecule has 4 aromatic carbocycles. The summed E-state index contributed by atoms with van der Waals surface area (Å²) in [5, 5.41) is 3.02. The average molecular weight is 721 g/mol. The maximum Gasteiger partial charge on any atom is 0.264 e. The van der Waals surface area contributed by atoms with Gasteiger partial charge < -0.3 is 15.0 Å². The number of methoxy groups -OCH3 is 1. The summed E-state index contributed by atoms with van der Waals surface area (Å²) in [6.07, 6.45) is 0.255. The number of nitrogens with one attached hydrogen (secondary N) is 1. The molecule has 0 radical (unpaired) electrons. The van der Waals surface area contributed by atoms with E-state index in [0.29, 0.717) is 22.5 Å². The first kappa shape index (κ1) is 35.7. The third-order valence-electron chi connectivity index (χ3n) is 7.70. The number of hydrogen-bond acceptors (Lipinski definition) is 5. The molecule has 1 unspecified atom stereocenters. The van der Waals surface area contributed by atoms with Crippen molar-refractivity contribution in [2.75, 3.05) is 24.5 Å². The van der Waals surface area contributed by atoms with Crippen LogP contribution in [-0.4, -0.2) is 51.4 Å². The smallest absolute Gasteiger partial charge is 0.264 e. The Hall–Kier alpha value is -4.15. The van der Waals surface area contributed by atoms with E-state index in [4.69, 9.17) is 4.74 Å². The molecule has 4 rings (SSSR count). The van der Waals surface area contributed by atoms with E-state index < -0.39 is 28.5 Å². The maximum absolute atomic E-state index is 14.6. The van der Waals surface area contributed by atoms with Crippen LogP contribution in [0.1, 0.15) is 36.1 Å². The van der Waals surface area contributed by atoms with Gasteiger partial charge in [-0.25, -0.2) is 8.42 Å². The molecule has 2 amide bonds. The number of carbonyl (C=O) groups excluding carboxylic acids is 2. The largest absolute Gasteiger partial charge is 0.496 e. The van der Waals surface area contributed by atoms with Gasteiger partial charge in [0.25, 0.3) is 10.0 Å². The van der Waals surface area contributed by atoms with E-state index in [1.54, 1.807) is 30.3 Å². The summed E-state index contributed by atoms with van der Waals surface area (Å²) >= 11 is 3.40. The molecule has 248 valence electrons. The topological polar surface area (TPSA) is 96.0 Å². The number of aryl methyl sites for hydroxylation is 2. The van der Waals surface area contributed by atoms with E-state index in [1.165, 1.54) is 24.1 Å². The van der Waals surface area contributed by atoms with Gasteiger partial charge in [0.2, 0.25) is 11.8 Å². The van der Waals surface area contributed by atoms with Crippen molar-refractivity contribution in [3.8, 4) is 5.75 Å². The number of hydrogen-bond donors (Lipinski definition) is 1. The van der Waals surface area contributed by atoms with Gasteiger partial charge in [0.1, 0.15) is 18.3 Å². The molecule has 0 bridgehead atoms. The van der Waals surface area contributed by atoms with Crippen LogP contribution in [0.15, 0.2) is 106 Å². The number of benzene rings is 4. The van der Waals surface area contributed by atoms with Gasteiger partial charge in [0.15, 0.2) is 0 Å². The van der Waals surface area contributed by atoms with E-state index >= 15 is 0 Å². The second kappa shape index (κ2) is 16.1. The van der Waals surface area contributed by atoms with Gasteiger partial charge in [-0.1, -0.05) is 91.7 Å². The zero-order valence-electron chi connectivity index (χ0n) is 27.4. The fourth-order valence-electron chi connectivity index (χ4n) is 5.16. The van der Waals surface area contributed by atoms with E-state index in [9.17, 15) is 18.0 Å². The molecule has 0 saturated carbocycles. The number of carbonyl (C=O) groups is 2. The van der Waals surface area contributed by atoms with Crippen molar-refractivity contribution in [1.29, 1.82) is 0 Å². The minimum atomic E-state index is -4.25. The lowest BCUT2D eigenvalue weighted by Crippen LogP contribution is -2.53. The molecular weight excluding hydrogens is 678 g/mol. The zero-order valence-corrected chi connectivity index (χ0v) is 29.8. The Morgan fingerprint density at radius 3 is 2.15 bits per heavy atom. The second-order valence-corrected chi connectivity index (χ2v) is 14.7. The first-order valence-electron chi connectivity index (χ1n) is 15.5. The van der Waals surface area contributed by atoms with E-state index in [1.807, 2.05) is 82.3 Å². The van der Waals surface area contributed by atoms with Gasteiger partial charge in [0.05, 0.1) is 22.2 Å². The summed E-state index contributed by atoms with van der Waals surface area (Å²) in [6.45, 7) is 7.90. The lowest BCUT2D eigenvalue weighted by atomic mass is 10.0. The summed E-state index contributed by atoms with van der Waals surface area (Å²) in [6, 6.07) is 27.8. The molecule has 8 nitrogen and oxygen atoms in total. The van der Waals surface area contributed by atoms with Crippen LogP contribution in [0, 0.1) is 19.8 Å². The SMILES string of the molecule is COc1ccc(S(=O)(=O)N(CC(=O)N(Cc2cccc(C)c2)C(Cc2ccccc2)C(=O)NCC(C)C)c2ccc(C)cc2)cc1Br. The number of ether oxygens (including phenoxy) is 1. The minimum Gasteiger partial charge on any atom is -0.496 e. The van der Waals surface area contributed by atoms with Gasteiger partial charge in [-0.15, -0.1) is 0 Å². The summed E-state index contributed by atoms with van der Waals surface area (Å²) in [5.74, 6) is -0.137. The third kappa shape index (κ3) is 9.45. The summed E-state index contributed by atoms with van der Waals surface area (Å²) in [7, 11) is -2.75. The molecule has 47 heavy (non-hydrogen) atoms. The Labute approximate surface area is 286 Å². The predicted octanol–water partition coefficient (Wildman–Crippen LogP) is 6.68. The van der Waals surface area contributed by atoms with Gasteiger partial charge >= 0.3 is 0 Å². The van der Waals surface area contributed by atoms with Gasteiger partial charge in [-0.2, -0.15) is 0 Å². The molecular formula is C37H42BrN3O5S. The number of nitrogens with zero attached hydrogens (tertiary/aromatic N) is 2. The average Bonchev–Trinajstić information content (AvgIpc) is 3.05. The van der Waals surface area contributed by atoms with Crippen LogP contribution in [0.3, 0.4) is 0 Å². The molecule has 0 aliphatic carbocycles. The van der Waals surface area contributed by atoms with Gasteiger partial charge in [-0.3, -0.25) is 13.9 Å². The molecule has 0 spiro atoms. The number of sulfonamides is 1. The molecule has 0 heterocycles. The van der Waals surface area contributed by atoms with Crippen LogP contribution < -0.4 is 14.4 Å². The summed E-state index contributed by atoms with van der Waals surface area (Å²) in [4.78, 5) is 30.0. The maximum atomic E-state index is 14.6. The molecule has 0 aromatic heterocycles. The van der Waals surface area contributed by atoms with Crippen LogP contribution in [0.4, 0.5) is 5.69 Å². The lowest BCUT2D eigenvalue weighted by Gasteiger charge is -2.34. The summed E-state index contributed by atoms with van der Waals surface area (Å²) in [5.41, 5.74) is 3.99. The monoisotopic (exact) mass is 719 g/mol. The number of rotatable bonds is 14. The Bertz CT molecular complexity index is 1780. The Morgan fingerprint density at radius 1 is 0.851 bits per heavy atom. The normalized spacial score (nSPS) is 12.0. The van der Waals surface area contributed by atoms with Crippen molar-refractivity contribution in [3.05, 3.63) is 124 Å².